The van der Waals surface area contributed by atoms with Crippen molar-refractivity contribution in [3.8, 4) is 0 Å². The molecule has 0 aliphatic heterocycles. The van der Waals surface area contributed by atoms with Crippen molar-refractivity contribution in [2.75, 3.05) is 0 Å². The van der Waals surface area contributed by atoms with Crippen LogP contribution >= 0.6 is 27.5 Å². The molecule has 2 heterocycles. The zero-order valence-corrected chi connectivity index (χ0v) is 10.3. The number of H-pyrrole nitrogens is 1. The molecule has 0 radical (unpaired) electrons. The molecule has 5 heteroatoms. The molecule has 0 atom stereocenters. The molecule has 0 aliphatic rings. The molecule has 0 aromatic carbocycles. The number of aromatic nitrogens is 2. The standard InChI is InChI=1S/C10H8BrClN2O/c1-2-5-3-6-8(14-10(5)15)7(11)4-13-9(6)12/h3-4H,2H2,1H3,(H,14,15). The highest BCUT2D eigenvalue weighted by Crippen LogP contribution is 2.25. The van der Waals surface area contributed by atoms with Gasteiger partial charge in [0.05, 0.1) is 9.99 Å². The van der Waals surface area contributed by atoms with Gasteiger partial charge in [0, 0.05) is 17.1 Å². The molecule has 1 N–H and O–H groups in total. The molecular formula is C10H8BrClN2O. The van der Waals surface area contributed by atoms with Gasteiger partial charge in [0.1, 0.15) is 5.15 Å². The molecule has 78 valence electrons. The predicted octanol–water partition coefficient (Wildman–Crippen LogP) is 2.90. The van der Waals surface area contributed by atoms with Crippen molar-refractivity contribution in [2.45, 2.75) is 13.3 Å². The van der Waals surface area contributed by atoms with Gasteiger partial charge in [-0.05, 0) is 28.4 Å². The number of hydrogen-bond acceptors (Lipinski definition) is 2. The van der Waals surface area contributed by atoms with E-state index in [0.29, 0.717) is 22.7 Å². The normalized spacial score (nSPS) is 10.9. The fourth-order valence-corrected chi connectivity index (χ4v) is 2.05. The summed E-state index contributed by atoms with van der Waals surface area (Å²) in [5.41, 5.74) is 1.33. The minimum absolute atomic E-state index is 0.0760. The Morgan fingerprint density at radius 1 is 1.60 bits per heavy atom. The Morgan fingerprint density at radius 3 is 3.00 bits per heavy atom. The fraction of sp³-hybridized carbons (Fsp3) is 0.200. The Bertz CT molecular complexity index is 579. The van der Waals surface area contributed by atoms with Crippen molar-refractivity contribution in [1.29, 1.82) is 0 Å². The molecule has 0 spiro atoms. The maximum Gasteiger partial charge on any atom is 0.251 e. The highest BCUT2D eigenvalue weighted by molar-refractivity contribution is 9.10. The summed E-state index contributed by atoms with van der Waals surface area (Å²) in [4.78, 5) is 18.4. The van der Waals surface area contributed by atoms with Crippen LogP contribution in [0, 0.1) is 0 Å². The average molecular weight is 288 g/mol. The van der Waals surface area contributed by atoms with Crippen LogP contribution in [0.4, 0.5) is 0 Å². The fourth-order valence-electron chi connectivity index (χ4n) is 1.43. The number of rotatable bonds is 1. The first-order valence-corrected chi connectivity index (χ1v) is 5.66. The number of nitrogens with one attached hydrogen (secondary N) is 1. The molecule has 0 bridgehead atoms. The summed E-state index contributed by atoms with van der Waals surface area (Å²) < 4.78 is 0.738. The van der Waals surface area contributed by atoms with Crippen molar-refractivity contribution in [3.63, 3.8) is 0 Å². The quantitative estimate of drug-likeness (QED) is 0.820. The van der Waals surface area contributed by atoms with E-state index in [4.69, 9.17) is 11.6 Å². The first-order valence-electron chi connectivity index (χ1n) is 4.49. The van der Waals surface area contributed by atoms with Crippen LogP contribution in [0.1, 0.15) is 12.5 Å². The highest BCUT2D eigenvalue weighted by atomic mass is 79.9. The van der Waals surface area contributed by atoms with Crippen LogP contribution < -0.4 is 5.56 Å². The number of nitrogens with zero attached hydrogens (tertiary/aromatic N) is 1. The molecule has 0 saturated heterocycles. The van der Waals surface area contributed by atoms with Crippen molar-refractivity contribution >= 4 is 38.4 Å². The van der Waals surface area contributed by atoms with Gasteiger partial charge in [0.2, 0.25) is 0 Å². The smallest absolute Gasteiger partial charge is 0.251 e. The largest absolute Gasteiger partial charge is 0.321 e. The van der Waals surface area contributed by atoms with E-state index in [0.717, 1.165) is 9.86 Å². The van der Waals surface area contributed by atoms with Gasteiger partial charge in [0.15, 0.2) is 0 Å². The van der Waals surface area contributed by atoms with E-state index in [2.05, 4.69) is 25.9 Å². The minimum Gasteiger partial charge on any atom is -0.321 e. The molecule has 0 aliphatic carbocycles. The van der Waals surface area contributed by atoms with Crippen molar-refractivity contribution in [3.05, 3.63) is 37.8 Å². The molecule has 2 aromatic heterocycles. The molecule has 0 saturated carbocycles. The van der Waals surface area contributed by atoms with Crippen LogP contribution in [-0.4, -0.2) is 9.97 Å². The van der Waals surface area contributed by atoms with Crippen molar-refractivity contribution in [1.82, 2.24) is 9.97 Å². The molecular weight excluding hydrogens is 279 g/mol. The Balaban J connectivity index is 2.92. The third-order valence-electron chi connectivity index (χ3n) is 2.25. The van der Waals surface area contributed by atoms with E-state index in [9.17, 15) is 4.79 Å². The molecule has 2 aromatic rings. The summed E-state index contributed by atoms with van der Waals surface area (Å²) in [6.07, 6.45) is 2.25. The summed E-state index contributed by atoms with van der Waals surface area (Å²) >= 11 is 9.28. The number of pyridine rings is 2. The SMILES string of the molecule is CCc1cc2c(Cl)ncc(Br)c2[nH]c1=O. The first-order chi connectivity index (χ1) is 7.13. The second-order valence-electron chi connectivity index (χ2n) is 3.16. The predicted molar refractivity (Wildman–Crippen MR) is 64.5 cm³/mol. The molecule has 15 heavy (non-hydrogen) atoms. The van der Waals surface area contributed by atoms with E-state index in [1.54, 1.807) is 12.3 Å². The van der Waals surface area contributed by atoms with Gasteiger partial charge in [0.25, 0.3) is 5.56 Å². The van der Waals surface area contributed by atoms with Gasteiger partial charge in [-0.1, -0.05) is 18.5 Å². The zero-order chi connectivity index (χ0) is 11.0. The number of hydrogen-bond donors (Lipinski definition) is 1. The van der Waals surface area contributed by atoms with Crippen LogP contribution in [0.2, 0.25) is 5.15 Å². The highest BCUT2D eigenvalue weighted by Gasteiger charge is 2.07. The van der Waals surface area contributed by atoms with Gasteiger partial charge in [-0.3, -0.25) is 4.79 Å². The van der Waals surface area contributed by atoms with Gasteiger partial charge in [-0.2, -0.15) is 0 Å². The molecule has 0 amide bonds. The van der Waals surface area contributed by atoms with E-state index < -0.39 is 0 Å². The second-order valence-corrected chi connectivity index (χ2v) is 4.38. The van der Waals surface area contributed by atoms with Crippen LogP contribution in [0.5, 0.6) is 0 Å². The number of aromatic amines is 1. The zero-order valence-electron chi connectivity index (χ0n) is 7.97. The van der Waals surface area contributed by atoms with Crippen LogP contribution in [-0.2, 0) is 6.42 Å². The van der Waals surface area contributed by atoms with Crippen molar-refractivity contribution in [2.24, 2.45) is 0 Å². The van der Waals surface area contributed by atoms with Crippen molar-refractivity contribution < 1.29 is 0 Å². The Morgan fingerprint density at radius 2 is 2.33 bits per heavy atom. The van der Waals surface area contributed by atoms with Gasteiger partial charge >= 0.3 is 0 Å². The van der Waals surface area contributed by atoms with E-state index in [1.165, 1.54) is 0 Å². The topological polar surface area (TPSA) is 45.8 Å². The third-order valence-corrected chi connectivity index (χ3v) is 3.15. The summed E-state index contributed by atoms with van der Waals surface area (Å²) in [6.45, 7) is 1.93. The summed E-state index contributed by atoms with van der Waals surface area (Å²) in [6, 6.07) is 1.79. The van der Waals surface area contributed by atoms with Crippen LogP contribution in [0.3, 0.4) is 0 Å². The lowest BCUT2D eigenvalue weighted by atomic mass is 10.1. The number of aryl methyl sites for hydroxylation is 1. The van der Waals surface area contributed by atoms with Crippen LogP contribution in [0.15, 0.2) is 21.5 Å². The Hall–Kier alpha value is -0.870. The van der Waals surface area contributed by atoms with E-state index in [-0.39, 0.29) is 5.56 Å². The summed E-state index contributed by atoms with van der Waals surface area (Å²) in [5, 5.41) is 1.17. The lowest BCUT2D eigenvalue weighted by molar-refractivity contribution is 1.08. The first kappa shape index (κ1) is 10.6. The Kier molecular flexibility index (Phi) is 2.80. The molecule has 0 unspecified atom stereocenters. The summed E-state index contributed by atoms with van der Waals surface area (Å²) in [7, 11) is 0. The molecule has 0 fully saturated rings. The van der Waals surface area contributed by atoms with E-state index >= 15 is 0 Å². The maximum atomic E-state index is 11.6. The number of halogens is 2. The maximum absolute atomic E-state index is 11.6. The second kappa shape index (κ2) is 3.94. The van der Waals surface area contributed by atoms with Gasteiger partial charge in [-0.15, -0.1) is 0 Å². The minimum atomic E-state index is -0.0760. The average Bonchev–Trinajstić information content (AvgIpc) is 2.23. The monoisotopic (exact) mass is 286 g/mol. The molecule has 2 rings (SSSR count). The van der Waals surface area contributed by atoms with Gasteiger partial charge < -0.3 is 4.98 Å². The number of fused-ring (bicyclic) bond motifs is 1. The third kappa shape index (κ3) is 1.79. The summed E-state index contributed by atoms with van der Waals surface area (Å²) in [5.74, 6) is 0. The molecule has 3 nitrogen and oxygen atoms in total. The van der Waals surface area contributed by atoms with Crippen LogP contribution in [0.25, 0.3) is 10.9 Å². The van der Waals surface area contributed by atoms with E-state index in [1.807, 2.05) is 6.92 Å². The lowest BCUT2D eigenvalue weighted by Gasteiger charge is -2.04. The van der Waals surface area contributed by atoms with Gasteiger partial charge in [-0.25, -0.2) is 4.98 Å². The lowest BCUT2D eigenvalue weighted by Crippen LogP contribution is -2.11. The Labute approximate surface area is 99.6 Å².